The second-order valence-corrected chi connectivity index (χ2v) is 7.46. The van der Waals surface area contributed by atoms with Crippen LogP contribution in [0.5, 0.6) is 5.75 Å². The van der Waals surface area contributed by atoms with E-state index in [1.54, 1.807) is 24.4 Å². The molecule has 2 aromatic carbocycles. The van der Waals surface area contributed by atoms with E-state index in [4.69, 9.17) is 0 Å². The Bertz CT molecular complexity index is 951. The van der Waals surface area contributed by atoms with E-state index < -0.39 is 11.0 Å². The van der Waals surface area contributed by atoms with Crippen molar-refractivity contribution < 1.29 is 13.7 Å². The summed E-state index contributed by atoms with van der Waals surface area (Å²) in [6, 6.07) is 9.70. The van der Waals surface area contributed by atoms with Crippen molar-refractivity contribution in [2.45, 2.75) is 4.90 Å². The Balaban J connectivity index is 1.68. The van der Waals surface area contributed by atoms with E-state index in [-0.39, 0.29) is 11.6 Å². The van der Waals surface area contributed by atoms with Crippen LogP contribution in [0.25, 0.3) is 22.0 Å². The van der Waals surface area contributed by atoms with Gasteiger partial charge in [-0.1, -0.05) is 6.07 Å². The van der Waals surface area contributed by atoms with Gasteiger partial charge in [-0.05, 0) is 35.9 Å². The third-order valence-corrected chi connectivity index (χ3v) is 5.97. The number of phenolic OH excluding ortho intramolecular Hbond substituents is 1. The van der Waals surface area contributed by atoms with E-state index in [0.29, 0.717) is 23.5 Å². The summed E-state index contributed by atoms with van der Waals surface area (Å²) in [6.45, 7) is 2.94. The van der Waals surface area contributed by atoms with E-state index >= 15 is 0 Å². The van der Waals surface area contributed by atoms with Crippen molar-refractivity contribution in [3.05, 3.63) is 48.4 Å². The van der Waals surface area contributed by atoms with Crippen molar-refractivity contribution in [2.75, 3.05) is 26.2 Å². The molecule has 1 atom stereocenters. The molecule has 1 aromatic heterocycles. The smallest absolute Gasteiger partial charge is 0.133 e. The molecule has 0 saturated carbocycles. The minimum absolute atomic E-state index is 0.00540. The Hall–Kier alpha value is -2.22. The molecule has 3 N–H and O–H groups in total. The lowest BCUT2D eigenvalue weighted by Crippen LogP contribution is -2.44. The van der Waals surface area contributed by atoms with Gasteiger partial charge in [-0.2, -0.15) is 0 Å². The van der Waals surface area contributed by atoms with Crippen LogP contribution in [0.2, 0.25) is 0 Å². The minimum Gasteiger partial charge on any atom is -0.507 e. The molecule has 0 radical (unpaired) electrons. The van der Waals surface area contributed by atoms with E-state index in [1.807, 2.05) is 10.4 Å². The van der Waals surface area contributed by atoms with Gasteiger partial charge in [-0.15, -0.1) is 0 Å². The quantitative estimate of drug-likeness (QED) is 0.673. The van der Waals surface area contributed by atoms with Crippen LogP contribution in [0, 0.1) is 5.82 Å². The van der Waals surface area contributed by atoms with E-state index in [1.165, 1.54) is 12.1 Å². The highest BCUT2D eigenvalue weighted by Gasteiger charge is 2.21. The molecule has 0 spiro atoms. The Morgan fingerprint density at radius 2 is 1.92 bits per heavy atom. The predicted molar refractivity (Wildman–Crippen MR) is 96.2 cm³/mol. The van der Waals surface area contributed by atoms with Gasteiger partial charge in [0.15, 0.2) is 0 Å². The second kappa shape index (κ2) is 6.59. The van der Waals surface area contributed by atoms with Gasteiger partial charge in [0.2, 0.25) is 0 Å². The fraction of sp³-hybridized carbons (Fsp3) is 0.222. The minimum atomic E-state index is -1.38. The van der Waals surface area contributed by atoms with Crippen LogP contribution in [0.3, 0.4) is 0 Å². The molecule has 1 fully saturated rings. The summed E-state index contributed by atoms with van der Waals surface area (Å²) in [7, 11) is -1.38. The summed E-state index contributed by atoms with van der Waals surface area (Å²) >= 11 is 0. The molecule has 1 aliphatic heterocycles. The van der Waals surface area contributed by atoms with Crippen LogP contribution < -0.4 is 5.32 Å². The largest absolute Gasteiger partial charge is 0.507 e. The van der Waals surface area contributed by atoms with E-state index in [0.717, 1.165) is 29.6 Å². The zero-order chi connectivity index (χ0) is 17.4. The highest BCUT2D eigenvalue weighted by Crippen LogP contribution is 2.33. The second-order valence-electron chi connectivity index (χ2n) is 6.00. The van der Waals surface area contributed by atoms with Crippen molar-refractivity contribution in [1.29, 1.82) is 0 Å². The number of nitrogens with one attached hydrogen (secondary N) is 2. The lowest BCUT2D eigenvalue weighted by atomic mass is 10.0. The van der Waals surface area contributed by atoms with Gasteiger partial charge in [0.05, 0.1) is 4.90 Å². The lowest BCUT2D eigenvalue weighted by Gasteiger charge is -2.26. The number of piperazine rings is 1. The molecule has 4 rings (SSSR count). The van der Waals surface area contributed by atoms with Crippen molar-refractivity contribution in [2.24, 2.45) is 0 Å². The molecule has 25 heavy (non-hydrogen) atoms. The molecule has 0 bridgehead atoms. The first-order valence-electron chi connectivity index (χ1n) is 8.11. The maximum Gasteiger partial charge on any atom is 0.133 e. The molecule has 1 unspecified atom stereocenters. The van der Waals surface area contributed by atoms with Crippen molar-refractivity contribution in [3.8, 4) is 16.9 Å². The summed E-state index contributed by atoms with van der Waals surface area (Å²) in [5, 5.41) is 14.5. The average molecular weight is 359 g/mol. The monoisotopic (exact) mass is 359 g/mol. The number of fused-ring (bicyclic) bond motifs is 1. The zero-order valence-electron chi connectivity index (χ0n) is 13.5. The molecule has 7 heteroatoms. The van der Waals surface area contributed by atoms with Gasteiger partial charge in [0, 0.05) is 48.8 Å². The SMILES string of the molecule is O=S(c1ccc(-c2c[nH]c3cc(F)ccc23)cc1O)N1CCNCC1. The molecule has 1 aliphatic rings. The third-order valence-electron chi connectivity index (χ3n) is 4.41. The molecular formula is C18H18FN3O2S. The molecule has 5 nitrogen and oxygen atoms in total. The first-order valence-corrected chi connectivity index (χ1v) is 9.22. The van der Waals surface area contributed by atoms with Gasteiger partial charge < -0.3 is 15.4 Å². The summed E-state index contributed by atoms with van der Waals surface area (Å²) in [4.78, 5) is 3.45. The Morgan fingerprint density at radius 3 is 2.68 bits per heavy atom. The van der Waals surface area contributed by atoms with Crippen molar-refractivity contribution >= 4 is 21.9 Å². The summed E-state index contributed by atoms with van der Waals surface area (Å²) in [5.41, 5.74) is 2.35. The Labute approximate surface area is 147 Å². The molecule has 1 saturated heterocycles. The maximum atomic E-state index is 13.3. The van der Waals surface area contributed by atoms with Crippen LogP contribution in [-0.2, 0) is 11.0 Å². The lowest BCUT2D eigenvalue weighted by molar-refractivity contribution is 0.378. The Morgan fingerprint density at radius 1 is 1.12 bits per heavy atom. The fourth-order valence-electron chi connectivity index (χ4n) is 3.12. The molecular weight excluding hydrogens is 341 g/mol. The number of H-pyrrole nitrogens is 1. The summed E-state index contributed by atoms with van der Waals surface area (Å²) in [5.74, 6) is -0.295. The zero-order valence-corrected chi connectivity index (χ0v) is 14.3. The number of hydrogen-bond donors (Lipinski definition) is 3. The molecule has 2 heterocycles. The van der Waals surface area contributed by atoms with E-state index in [9.17, 15) is 13.7 Å². The molecule has 3 aromatic rings. The predicted octanol–water partition coefficient (Wildman–Crippen LogP) is 2.61. The standard InChI is InChI=1S/C18H18FN3O2S/c19-13-2-3-14-15(11-21-16(14)10-13)12-1-4-18(17(23)9-12)25(24)22-7-5-20-6-8-22/h1-4,9-11,20-21,23H,5-8H2. The number of rotatable bonds is 3. The van der Waals surface area contributed by atoms with E-state index in [2.05, 4.69) is 10.3 Å². The maximum absolute atomic E-state index is 13.3. The number of aromatic nitrogens is 1. The van der Waals surface area contributed by atoms with Crippen LogP contribution >= 0.6 is 0 Å². The van der Waals surface area contributed by atoms with Gasteiger partial charge in [0.25, 0.3) is 0 Å². The number of hydrogen-bond acceptors (Lipinski definition) is 3. The Kier molecular flexibility index (Phi) is 4.29. The van der Waals surface area contributed by atoms with Gasteiger partial charge >= 0.3 is 0 Å². The average Bonchev–Trinajstić information content (AvgIpc) is 3.04. The first-order chi connectivity index (χ1) is 12.1. The summed E-state index contributed by atoms with van der Waals surface area (Å²) in [6.07, 6.45) is 1.78. The van der Waals surface area contributed by atoms with Crippen molar-refractivity contribution in [3.63, 3.8) is 0 Å². The number of aromatic hydroxyl groups is 1. The van der Waals surface area contributed by atoms with Crippen LogP contribution in [-0.4, -0.2) is 44.8 Å². The number of nitrogens with zero attached hydrogens (tertiary/aromatic N) is 1. The van der Waals surface area contributed by atoms with Crippen LogP contribution in [0.1, 0.15) is 0 Å². The number of aromatic amines is 1. The number of halogens is 1. The molecule has 0 amide bonds. The van der Waals surface area contributed by atoms with Gasteiger partial charge in [-0.3, -0.25) is 0 Å². The first kappa shape index (κ1) is 16.3. The van der Waals surface area contributed by atoms with Gasteiger partial charge in [-0.25, -0.2) is 12.9 Å². The topological polar surface area (TPSA) is 68.4 Å². The summed E-state index contributed by atoms with van der Waals surface area (Å²) < 4.78 is 27.8. The highest BCUT2D eigenvalue weighted by molar-refractivity contribution is 7.82. The number of benzene rings is 2. The fourth-order valence-corrected chi connectivity index (χ4v) is 4.33. The van der Waals surface area contributed by atoms with Crippen LogP contribution in [0.4, 0.5) is 4.39 Å². The third kappa shape index (κ3) is 3.06. The highest BCUT2D eigenvalue weighted by atomic mass is 32.2. The number of phenols is 1. The van der Waals surface area contributed by atoms with Gasteiger partial charge in [0.1, 0.15) is 22.6 Å². The van der Waals surface area contributed by atoms with Crippen molar-refractivity contribution in [1.82, 2.24) is 14.6 Å². The molecule has 130 valence electrons. The van der Waals surface area contributed by atoms with Crippen LogP contribution in [0.15, 0.2) is 47.5 Å². The molecule has 0 aliphatic carbocycles. The normalized spacial score (nSPS) is 17.0.